The molecular formula is C24H23Cl2N3O2. The summed E-state index contributed by atoms with van der Waals surface area (Å²) in [5.41, 5.74) is 3.27. The van der Waals surface area contributed by atoms with Gasteiger partial charge >= 0.3 is 0 Å². The molecule has 0 unspecified atom stereocenters. The van der Waals surface area contributed by atoms with Crippen molar-refractivity contribution in [3.63, 3.8) is 0 Å². The van der Waals surface area contributed by atoms with Gasteiger partial charge in [0.05, 0.1) is 15.6 Å². The maximum absolute atomic E-state index is 12.9. The number of halogens is 2. The minimum Gasteiger partial charge on any atom is -0.377 e. The molecule has 5 nitrogen and oxygen atoms in total. The van der Waals surface area contributed by atoms with Gasteiger partial charge < -0.3 is 15.5 Å². The monoisotopic (exact) mass is 455 g/mol. The summed E-state index contributed by atoms with van der Waals surface area (Å²) in [6.07, 6.45) is 0.734. The molecule has 0 aliphatic heterocycles. The fraction of sp³-hybridized carbons (Fsp3) is 0.167. The van der Waals surface area contributed by atoms with Gasteiger partial charge in [0.2, 0.25) is 0 Å². The lowest BCUT2D eigenvalue weighted by Gasteiger charge is -2.18. The number of amides is 2. The van der Waals surface area contributed by atoms with Crippen molar-refractivity contribution < 1.29 is 9.59 Å². The highest BCUT2D eigenvalue weighted by Gasteiger charge is 2.15. The average molecular weight is 456 g/mol. The number of carbonyl (C=O) groups excluding carboxylic acids is 2. The normalized spacial score (nSPS) is 10.5. The van der Waals surface area contributed by atoms with Crippen LogP contribution in [0.3, 0.4) is 0 Å². The number of carbonyl (C=O) groups is 2. The Morgan fingerprint density at radius 3 is 2.29 bits per heavy atom. The van der Waals surface area contributed by atoms with E-state index in [1.807, 2.05) is 49.3 Å². The second kappa shape index (κ2) is 10.3. The Bertz CT molecular complexity index is 1090. The predicted octanol–water partition coefficient (Wildman–Crippen LogP) is 5.28. The molecule has 31 heavy (non-hydrogen) atoms. The van der Waals surface area contributed by atoms with Gasteiger partial charge in [0.25, 0.3) is 11.8 Å². The third-order valence-electron chi connectivity index (χ3n) is 4.70. The SMILES string of the molecule is CN(C)c1ccc(NC(=O)c2ccc(Cl)c(Cl)c2)cc1C(=O)NCCc1ccccc1. The quantitative estimate of drug-likeness (QED) is 0.508. The van der Waals surface area contributed by atoms with Crippen LogP contribution in [-0.4, -0.2) is 32.5 Å². The van der Waals surface area contributed by atoms with Crippen molar-refractivity contribution in [2.75, 3.05) is 30.9 Å². The lowest BCUT2D eigenvalue weighted by molar-refractivity contribution is 0.0953. The van der Waals surface area contributed by atoms with E-state index in [2.05, 4.69) is 10.6 Å². The highest BCUT2D eigenvalue weighted by Crippen LogP contribution is 2.25. The predicted molar refractivity (Wildman–Crippen MR) is 128 cm³/mol. The van der Waals surface area contributed by atoms with Crippen LogP contribution in [0.1, 0.15) is 26.3 Å². The van der Waals surface area contributed by atoms with Crippen LogP contribution in [0.5, 0.6) is 0 Å². The zero-order valence-corrected chi connectivity index (χ0v) is 18.8. The number of hydrogen-bond acceptors (Lipinski definition) is 3. The highest BCUT2D eigenvalue weighted by molar-refractivity contribution is 6.42. The van der Waals surface area contributed by atoms with E-state index in [0.29, 0.717) is 33.4 Å². The van der Waals surface area contributed by atoms with Crippen molar-refractivity contribution in [2.24, 2.45) is 0 Å². The van der Waals surface area contributed by atoms with Crippen LogP contribution in [0.4, 0.5) is 11.4 Å². The zero-order valence-electron chi connectivity index (χ0n) is 17.3. The maximum atomic E-state index is 12.9. The van der Waals surface area contributed by atoms with Crippen LogP contribution in [0.2, 0.25) is 10.0 Å². The van der Waals surface area contributed by atoms with Crippen molar-refractivity contribution in [3.8, 4) is 0 Å². The summed E-state index contributed by atoms with van der Waals surface area (Å²) < 4.78 is 0. The highest BCUT2D eigenvalue weighted by atomic mass is 35.5. The molecule has 7 heteroatoms. The molecule has 0 aromatic heterocycles. The summed E-state index contributed by atoms with van der Waals surface area (Å²) in [7, 11) is 3.73. The minimum absolute atomic E-state index is 0.203. The summed E-state index contributed by atoms with van der Waals surface area (Å²) in [5.74, 6) is -0.545. The minimum atomic E-state index is -0.341. The smallest absolute Gasteiger partial charge is 0.255 e. The molecule has 2 amide bonds. The van der Waals surface area contributed by atoms with Crippen molar-refractivity contribution in [1.82, 2.24) is 5.32 Å². The van der Waals surface area contributed by atoms with E-state index >= 15 is 0 Å². The Balaban J connectivity index is 1.74. The molecule has 0 bridgehead atoms. The molecule has 3 aromatic rings. The van der Waals surface area contributed by atoms with Crippen molar-refractivity contribution in [2.45, 2.75) is 6.42 Å². The van der Waals surface area contributed by atoms with E-state index in [-0.39, 0.29) is 11.8 Å². The molecule has 3 rings (SSSR count). The lowest BCUT2D eigenvalue weighted by Crippen LogP contribution is -2.28. The van der Waals surface area contributed by atoms with Crippen molar-refractivity contribution >= 4 is 46.4 Å². The Hall–Kier alpha value is -3.02. The van der Waals surface area contributed by atoms with E-state index < -0.39 is 0 Å². The number of hydrogen-bond donors (Lipinski definition) is 2. The number of nitrogens with zero attached hydrogens (tertiary/aromatic N) is 1. The molecule has 0 radical (unpaired) electrons. The molecule has 3 aromatic carbocycles. The maximum Gasteiger partial charge on any atom is 0.255 e. The van der Waals surface area contributed by atoms with E-state index in [0.717, 1.165) is 17.7 Å². The Morgan fingerprint density at radius 2 is 1.61 bits per heavy atom. The van der Waals surface area contributed by atoms with Crippen LogP contribution in [0, 0.1) is 0 Å². The van der Waals surface area contributed by atoms with Gasteiger partial charge in [-0.1, -0.05) is 53.5 Å². The largest absolute Gasteiger partial charge is 0.377 e. The Kier molecular flexibility index (Phi) is 7.55. The number of rotatable bonds is 7. The van der Waals surface area contributed by atoms with Gasteiger partial charge in [0, 0.05) is 37.6 Å². The first-order valence-electron chi connectivity index (χ1n) is 9.75. The zero-order chi connectivity index (χ0) is 22.4. The number of anilines is 2. The second-order valence-electron chi connectivity index (χ2n) is 7.20. The van der Waals surface area contributed by atoms with Gasteiger partial charge in [-0.05, 0) is 48.4 Å². The summed E-state index contributed by atoms with van der Waals surface area (Å²) in [4.78, 5) is 27.3. The molecule has 0 atom stereocenters. The molecular weight excluding hydrogens is 433 g/mol. The van der Waals surface area contributed by atoms with Crippen molar-refractivity contribution in [3.05, 3.63) is 93.5 Å². The van der Waals surface area contributed by atoms with E-state index in [4.69, 9.17) is 23.2 Å². The third kappa shape index (κ3) is 6.00. The number of nitrogens with one attached hydrogen (secondary N) is 2. The molecule has 0 aliphatic rings. The molecule has 0 heterocycles. The topological polar surface area (TPSA) is 61.4 Å². The Labute approximate surface area is 192 Å². The molecule has 0 saturated heterocycles. The van der Waals surface area contributed by atoms with E-state index in [9.17, 15) is 9.59 Å². The first kappa shape index (κ1) is 22.7. The van der Waals surface area contributed by atoms with Gasteiger partial charge in [0.1, 0.15) is 0 Å². The Morgan fingerprint density at radius 1 is 0.871 bits per heavy atom. The summed E-state index contributed by atoms with van der Waals surface area (Å²) in [5, 5.41) is 6.45. The fourth-order valence-electron chi connectivity index (χ4n) is 3.09. The van der Waals surface area contributed by atoms with Gasteiger partial charge in [-0.2, -0.15) is 0 Å². The van der Waals surface area contributed by atoms with Crippen LogP contribution in [0.25, 0.3) is 0 Å². The third-order valence-corrected chi connectivity index (χ3v) is 5.44. The fourth-order valence-corrected chi connectivity index (χ4v) is 3.38. The molecule has 0 saturated carbocycles. The molecule has 2 N–H and O–H groups in total. The first-order chi connectivity index (χ1) is 14.8. The van der Waals surface area contributed by atoms with Gasteiger partial charge in [-0.25, -0.2) is 0 Å². The van der Waals surface area contributed by atoms with Crippen LogP contribution in [-0.2, 0) is 6.42 Å². The van der Waals surface area contributed by atoms with Crippen molar-refractivity contribution in [1.29, 1.82) is 0 Å². The molecule has 0 spiro atoms. The summed E-state index contributed by atoms with van der Waals surface area (Å²) >= 11 is 11.9. The summed E-state index contributed by atoms with van der Waals surface area (Å²) in [6.45, 7) is 0.509. The molecule has 160 valence electrons. The van der Waals surface area contributed by atoms with Crippen LogP contribution in [0.15, 0.2) is 66.7 Å². The van der Waals surface area contributed by atoms with Gasteiger partial charge in [-0.15, -0.1) is 0 Å². The standard InChI is InChI=1S/C24H23Cl2N3O2/c1-29(2)22-11-9-18(28-23(30)17-8-10-20(25)21(26)14-17)15-19(22)24(31)27-13-12-16-6-4-3-5-7-16/h3-11,14-15H,12-13H2,1-2H3,(H,27,31)(H,28,30). The first-order valence-corrected chi connectivity index (χ1v) is 10.5. The molecule has 0 fully saturated rings. The van der Waals surface area contributed by atoms with Gasteiger partial charge in [-0.3, -0.25) is 9.59 Å². The number of benzene rings is 3. The second-order valence-corrected chi connectivity index (χ2v) is 8.02. The van der Waals surface area contributed by atoms with Gasteiger partial charge in [0.15, 0.2) is 0 Å². The lowest BCUT2D eigenvalue weighted by atomic mass is 10.1. The van der Waals surface area contributed by atoms with E-state index in [1.165, 1.54) is 6.07 Å². The molecule has 0 aliphatic carbocycles. The van der Waals surface area contributed by atoms with E-state index in [1.54, 1.807) is 30.3 Å². The summed E-state index contributed by atoms with van der Waals surface area (Å²) in [6, 6.07) is 19.9. The average Bonchev–Trinajstić information content (AvgIpc) is 2.76. The van der Waals surface area contributed by atoms with Crippen LogP contribution < -0.4 is 15.5 Å². The van der Waals surface area contributed by atoms with Crippen LogP contribution >= 0.6 is 23.2 Å².